The molecule has 0 aromatic heterocycles. The lowest BCUT2D eigenvalue weighted by atomic mass is 10.1. The Balaban J connectivity index is 2.55. The van der Waals surface area contributed by atoms with Gasteiger partial charge in [0.1, 0.15) is 0 Å². The molecule has 0 heterocycles. The van der Waals surface area contributed by atoms with Crippen LogP contribution in [0.1, 0.15) is 26.3 Å². The fourth-order valence-electron chi connectivity index (χ4n) is 1.49. The Morgan fingerprint density at radius 2 is 1.74 bits per heavy atom. The highest BCUT2D eigenvalue weighted by molar-refractivity contribution is 6.44. The molecule has 0 atom stereocenters. The van der Waals surface area contributed by atoms with Crippen LogP contribution in [0.2, 0.25) is 15.1 Å². The molecule has 19 heavy (non-hydrogen) atoms. The number of carbonyl (C=O) groups is 1. The first-order valence-corrected chi connectivity index (χ1v) is 6.98. The summed E-state index contributed by atoms with van der Waals surface area (Å²) in [4.78, 5) is 11.6. The van der Waals surface area contributed by atoms with E-state index in [1.54, 1.807) is 12.1 Å². The Labute approximate surface area is 128 Å². The molecular weight excluding hydrogens is 307 g/mol. The van der Waals surface area contributed by atoms with Crippen molar-refractivity contribution in [3.8, 4) is 0 Å². The molecule has 0 radical (unpaired) electrons. The summed E-state index contributed by atoms with van der Waals surface area (Å²) in [6.07, 6.45) is 0. The maximum atomic E-state index is 11.6. The number of halogens is 3. The summed E-state index contributed by atoms with van der Waals surface area (Å²) in [6, 6.07) is 3.32. The fourth-order valence-corrected chi connectivity index (χ4v) is 2.18. The van der Waals surface area contributed by atoms with Crippen LogP contribution < -0.4 is 10.6 Å². The summed E-state index contributed by atoms with van der Waals surface area (Å²) < 4.78 is 0. The number of nitrogens with one attached hydrogen (secondary N) is 2. The van der Waals surface area contributed by atoms with Crippen molar-refractivity contribution in [2.24, 2.45) is 0 Å². The molecule has 1 amide bonds. The molecule has 0 aliphatic rings. The maximum Gasteiger partial charge on any atom is 0.234 e. The molecule has 2 N–H and O–H groups in total. The van der Waals surface area contributed by atoms with E-state index in [1.165, 1.54) is 0 Å². The molecular formula is C13H17Cl3N2O. The average Bonchev–Trinajstić information content (AvgIpc) is 2.26. The van der Waals surface area contributed by atoms with Gasteiger partial charge in [0.2, 0.25) is 5.91 Å². The second-order valence-corrected chi connectivity index (χ2v) is 6.42. The van der Waals surface area contributed by atoms with Crippen LogP contribution in [0.25, 0.3) is 0 Å². The van der Waals surface area contributed by atoms with Crippen molar-refractivity contribution in [3.05, 3.63) is 32.8 Å². The SMILES string of the molecule is CC(C)(C)NC(=O)CNCc1c(Cl)ccc(Cl)c1Cl. The van der Waals surface area contributed by atoms with Crippen molar-refractivity contribution in [2.75, 3.05) is 6.54 Å². The number of benzene rings is 1. The van der Waals surface area contributed by atoms with Gasteiger partial charge in [-0.2, -0.15) is 0 Å². The topological polar surface area (TPSA) is 41.1 Å². The highest BCUT2D eigenvalue weighted by Gasteiger charge is 2.14. The van der Waals surface area contributed by atoms with Crippen LogP contribution >= 0.6 is 34.8 Å². The van der Waals surface area contributed by atoms with Gasteiger partial charge in [-0.25, -0.2) is 0 Å². The van der Waals surface area contributed by atoms with Crippen LogP contribution in [0, 0.1) is 0 Å². The number of carbonyl (C=O) groups excluding carboxylic acids is 1. The first-order chi connectivity index (χ1) is 8.70. The van der Waals surface area contributed by atoms with E-state index < -0.39 is 0 Å². The predicted octanol–water partition coefficient (Wildman–Crippen LogP) is 3.65. The summed E-state index contributed by atoms with van der Waals surface area (Å²) in [5.74, 6) is -0.0817. The molecule has 0 spiro atoms. The Morgan fingerprint density at radius 1 is 1.16 bits per heavy atom. The van der Waals surface area contributed by atoms with Crippen molar-refractivity contribution in [1.29, 1.82) is 0 Å². The average molecular weight is 324 g/mol. The lowest BCUT2D eigenvalue weighted by Gasteiger charge is -2.20. The Hall–Kier alpha value is -0.480. The van der Waals surface area contributed by atoms with Crippen LogP contribution in [0.5, 0.6) is 0 Å². The van der Waals surface area contributed by atoms with E-state index in [9.17, 15) is 4.79 Å². The molecule has 0 aliphatic heterocycles. The first kappa shape index (κ1) is 16.6. The van der Waals surface area contributed by atoms with Gasteiger partial charge in [0.25, 0.3) is 0 Å². The number of amides is 1. The standard InChI is InChI=1S/C13H17Cl3N2O/c1-13(2,3)18-11(19)7-17-6-8-9(14)4-5-10(15)12(8)16/h4-5,17H,6-7H2,1-3H3,(H,18,19). The Bertz CT molecular complexity index is 470. The zero-order chi connectivity index (χ0) is 14.6. The first-order valence-electron chi connectivity index (χ1n) is 5.85. The summed E-state index contributed by atoms with van der Waals surface area (Å²) in [5.41, 5.74) is 0.448. The Kier molecular flexibility index (Phi) is 5.93. The molecule has 1 aromatic carbocycles. The lowest BCUT2D eigenvalue weighted by Crippen LogP contribution is -2.44. The quantitative estimate of drug-likeness (QED) is 0.830. The Morgan fingerprint density at radius 3 is 2.32 bits per heavy atom. The third-order valence-electron chi connectivity index (χ3n) is 2.24. The van der Waals surface area contributed by atoms with E-state index in [4.69, 9.17) is 34.8 Å². The van der Waals surface area contributed by atoms with Crippen molar-refractivity contribution < 1.29 is 4.79 Å². The number of hydrogen-bond acceptors (Lipinski definition) is 2. The van der Waals surface area contributed by atoms with Gasteiger partial charge in [-0.3, -0.25) is 4.79 Å². The molecule has 0 fully saturated rings. The predicted molar refractivity (Wildman–Crippen MR) is 81.1 cm³/mol. The molecule has 1 aromatic rings. The van der Waals surface area contributed by atoms with E-state index in [2.05, 4.69) is 10.6 Å². The van der Waals surface area contributed by atoms with E-state index in [1.807, 2.05) is 20.8 Å². The number of rotatable bonds is 4. The van der Waals surface area contributed by atoms with Gasteiger partial charge in [-0.1, -0.05) is 34.8 Å². The maximum absolute atomic E-state index is 11.6. The second kappa shape index (κ2) is 6.80. The molecule has 0 aliphatic carbocycles. The van der Waals surface area contributed by atoms with Gasteiger partial charge in [-0.05, 0) is 32.9 Å². The molecule has 6 heteroatoms. The highest BCUT2D eigenvalue weighted by Crippen LogP contribution is 2.31. The molecule has 3 nitrogen and oxygen atoms in total. The third kappa shape index (κ3) is 5.57. The van der Waals surface area contributed by atoms with Gasteiger partial charge in [0.05, 0.1) is 16.6 Å². The van der Waals surface area contributed by atoms with Crippen LogP contribution in [-0.4, -0.2) is 18.0 Å². The van der Waals surface area contributed by atoms with Gasteiger partial charge in [-0.15, -0.1) is 0 Å². The summed E-state index contributed by atoms with van der Waals surface area (Å²) in [6.45, 7) is 6.35. The second-order valence-electron chi connectivity index (χ2n) is 5.22. The minimum absolute atomic E-state index is 0.0817. The number of hydrogen-bond donors (Lipinski definition) is 2. The molecule has 0 saturated carbocycles. The highest BCUT2D eigenvalue weighted by atomic mass is 35.5. The lowest BCUT2D eigenvalue weighted by molar-refractivity contribution is -0.121. The molecule has 0 saturated heterocycles. The largest absolute Gasteiger partial charge is 0.350 e. The van der Waals surface area contributed by atoms with Gasteiger partial charge in [0.15, 0.2) is 0 Å². The molecule has 0 unspecified atom stereocenters. The van der Waals surface area contributed by atoms with Gasteiger partial charge >= 0.3 is 0 Å². The smallest absolute Gasteiger partial charge is 0.234 e. The molecule has 0 bridgehead atoms. The van der Waals surface area contributed by atoms with E-state index in [-0.39, 0.29) is 18.0 Å². The van der Waals surface area contributed by atoms with Crippen LogP contribution in [0.3, 0.4) is 0 Å². The van der Waals surface area contributed by atoms with E-state index >= 15 is 0 Å². The minimum atomic E-state index is -0.246. The zero-order valence-corrected chi connectivity index (χ0v) is 13.4. The summed E-state index contributed by atoms with van der Waals surface area (Å²) in [7, 11) is 0. The van der Waals surface area contributed by atoms with Crippen LogP contribution in [-0.2, 0) is 11.3 Å². The monoisotopic (exact) mass is 322 g/mol. The van der Waals surface area contributed by atoms with Crippen molar-refractivity contribution in [1.82, 2.24) is 10.6 Å². The molecule has 106 valence electrons. The van der Waals surface area contributed by atoms with Crippen LogP contribution in [0.4, 0.5) is 0 Å². The zero-order valence-electron chi connectivity index (χ0n) is 11.1. The fraction of sp³-hybridized carbons (Fsp3) is 0.462. The normalized spacial score (nSPS) is 11.5. The summed E-state index contributed by atoms with van der Waals surface area (Å²) >= 11 is 18.0. The van der Waals surface area contributed by atoms with Crippen molar-refractivity contribution >= 4 is 40.7 Å². The van der Waals surface area contributed by atoms with Crippen molar-refractivity contribution in [2.45, 2.75) is 32.9 Å². The van der Waals surface area contributed by atoms with Gasteiger partial charge in [0, 0.05) is 22.7 Å². The van der Waals surface area contributed by atoms with E-state index in [0.717, 1.165) is 0 Å². The summed E-state index contributed by atoms with van der Waals surface area (Å²) in [5, 5.41) is 7.23. The van der Waals surface area contributed by atoms with Crippen molar-refractivity contribution in [3.63, 3.8) is 0 Å². The molecule has 1 rings (SSSR count). The van der Waals surface area contributed by atoms with Gasteiger partial charge < -0.3 is 10.6 Å². The van der Waals surface area contributed by atoms with E-state index in [0.29, 0.717) is 27.2 Å². The minimum Gasteiger partial charge on any atom is -0.350 e. The third-order valence-corrected chi connectivity index (χ3v) is 3.44. The van der Waals surface area contributed by atoms with Crippen LogP contribution in [0.15, 0.2) is 12.1 Å².